The maximum absolute atomic E-state index is 12.4. The number of nitrogens with one attached hydrogen (secondary N) is 1. The van der Waals surface area contributed by atoms with Crippen LogP contribution in [0.2, 0.25) is 0 Å². The summed E-state index contributed by atoms with van der Waals surface area (Å²) in [7, 11) is 3.17. The average molecular weight is 379 g/mol. The summed E-state index contributed by atoms with van der Waals surface area (Å²) in [6.07, 6.45) is 0. The van der Waals surface area contributed by atoms with Gasteiger partial charge in [0.05, 0.1) is 19.5 Å². The molecule has 1 N–H and O–H groups in total. The molecule has 9 heteroatoms. The van der Waals surface area contributed by atoms with Crippen LogP contribution in [0.25, 0.3) is 0 Å². The Morgan fingerprint density at radius 3 is 2.62 bits per heavy atom. The number of carbonyl (C=O) groups excluding carboxylic acids is 1. The third-order valence-electron chi connectivity index (χ3n) is 3.60. The van der Waals surface area contributed by atoms with E-state index in [-0.39, 0.29) is 11.2 Å². The van der Waals surface area contributed by atoms with Crippen LogP contribution >= 0.6 is 11.8 Å². The van der Waals surface area contributed by atoms with E-state index in [1.54, 1.807) is 18.9 Å². The normalized spacial score (nSPS) is 12.1. The highest BCUT2D eigenvalue weighted by Gasteiger charge is 2.19. The second-order valence-electron chi connectivity index (χ2n) is 6.20. The van der Waals surface area contributed by atoms with Crippen molar-refractivity contribution in [2.24, 2.45) is 5.92 Å². The predicted molar refractivity (Wildman–Crippen MR) is 99.4 cm³/mol. The summed E-state index contributed by atoms with van der Waals surface area (Å²) in [5, 5.41) is 14.9. The summed E-state index contributed by atoms with van der Waals surface area (Å²) in [5.74, 6) is 1.63. The monoisotopic (exact) mass is 379 g/mol. The van der Waals surface area contributed by atoms with Crippen LogP contribution in [0.5, 0.6) is 11.5 Å². The number of hydrogen-bond donors (Lipinski definition) is 1. The van der Waals surface area contributed by atoms with Gasteiger partial charge < -0.3 is 14.8 Å². The zero-order valence-electron chi connectivity index (χ0n) is 15.7. The number of aromatic nitrogens is 4. The van der Waals surface area contributed by atoms with Gasteiger partial charge in [-0.15, -0.1) is 5.10 Å². The van der Waals surface area contributed by atoms with Gasteiger partial charge in [-0.2, -0.15) is 0 Å². The number of tetrazole rings is 1. The van der Waals surface area contributed by atoms with Crippen LogP contribution in [0.3, 0.4) is 0 Å². The van der Waals surface area contributed by atoms with Gasteiger partial charge in [-0.1, -0.05) is 31.7 Å². The van der Waals surface area contributed by atoms with Crippen LogP contribution < -0.4 is 14.8 Å². The van der Waals surface area contributed by atoms with Gasteiger partial charge in [-0.25, -0.2) is 4.68 Å². The number of methoxy groups -OCH3 is 2. The molecule has 0 aliphatic heterocycles. The number of hydrogen-bond acceptors (Lipinski definition) is 7. The predicted octanol–water partition coefficient (Wildman–Crippen LogP) is 2.14. The van der Waals surface area contributed by atoms with Crippen molar-refractivity contribution in [3.05, 3.63) is 23.8 Å². The summed E-state index contributed by atoms with van der Waals surface area (Å²) < 4.78 is 12.2. The van der Waals surface area contributed by atoms with E-state index in [4.69, 9.17) is 9.47 Å². The summed E-state index contributed by atoms with van der Waals surface area (Å²) in [6, 6.07) is 5.56. The van der Waals surface area contributed by atoms with Gasteiger partial charge in [-0.3, -0.25) is 4.79 Å². The van der Waals surface area contributed by atoms with E-state index in [2.05, 4.69) is 34.7 Å². The molecule has 0 fully saturated rings. The highest BCUT2D eigenvalue weighted by Crippen LogP contribution is 2.27. The molecule has 142 valence electrons. The molecule has 1 unspecified atom stereocenters. The lowest BCUT2D eigenvalue weighted by molar-refractivity contribution is -0.120. The van der Waals surface area contributed by atoms with Crippen LogP contribution in [0.1, 0.15) is 26.3 Å². The van der Waals surface area contributed by atoms with Crippen molar-refractivity contribution in [2.45, 2.75) is 44.3 Å². The van der Waals surface area contributed by atoms with Crippen molar-refractivity contribution in [1.82, 2.24) is 25.5 Å². The number of benzene rings is 1. The molecule has 2 rings (SSSR count). The van der Waals surface area contributed by atoms with Crippen molar-refractivity contribution < 1.29 is 14.3 Å². The molecule has 0 saturated carbocycles. The largest absolute Gasteiger partial charge is 0.493 e. The van der Waals surface area contributed by atoms with Gasteiger partial charge in [0, 0.05) is 13.1 Å². The second kappa shape index (κ2) is 9.42. The van der Waals surface area contributed by atoms with Crippen molar-refractivity contribution in [1.29, 1.82) is 0 Å². The molecular formula is C17H25N5O3S. The van der Waals surface area contributed by atoms with E-state index in [0.717, 1.165) is 12.1 Å². The van der Waals surface area contributed by atoms with Crippen LogP contribution in [0, 0.1) is 5.92 Å². The first kappa shape index (κ1) is 20.0. The first-order chi connectivity index (χ1) is 12.4. The molecule has 1 heterocycles. The van der Waals surface area contributed by atoms with Crippen molar-refractivity contribution in [3.63, 3.8) is 0 Å². The van der Waals surface area contributed by atoms with Gasteiger partial charge in [0.15, 0.2) is 11.5 Å². The van der Waals surface area contributed by atoms with Gasteiger partial charge in [0.2, 0.25) is 11.1 Å². The van der Waals surface area contributed by atoms with Gasteiger partial charge in [-0.05, 0) is 41.0 Å². The molecule has 0 spiro atoms. The first-order valence-electron chi connectivity index (χ1n) is 8.36. The summed E-state index contributed by atoms with van der Waals surface area (Å²) in [4.78, 5) is 12.4. The SMILES string of the molecule is COc1ccc(CNC(=O)C(C)Sc2nnnn2CC(C)C)cc1OC. The van der Waals surface area contributed by atoms with E-state index < -0.39 is 0 Å². The quantitative estimate of drug-likeness (QED) is 0.668. The summed E-state index contributed by atoms with van der Waals surface area (Å²) in [6.45, 7) is 7.14. The molecule has 0 aliphatic rings. The van der Waals surface area contributed by atoms with E-state index >= 15 is 0 Å². The molecule has 8 nitrogen and oxygen atoms in total. The molecular weight excluding hydrogens is 354 g/mol. The molecule has 0 bridgehead atoms. The Morgan fingerprint density at radius 1 is 1.23 bits per heavy atom. The van der Waals surface area contributed by atoms with Gasteiger partial charge >= 0.3 is 0 Å². The molecule has 1 amide bonds. The van der Waals surface area contributed by atoms with Gasteiger partial charge in [0.1, 0.15) is 0 Å². The Hall–Kier alpha value is -2.29. The third-order valence-corrected chi connectivity index (χ3v) is 4.67. The number of ether oxygens (including phenoxy) is 2. The van der Waals surface area contributed by atoms with E-state index in [9.17, 15) is 4.79 Å². The number of thioether (sulfide) groups is 1. The molecule has 0 radical (unpaired) electrons. The van der Waals surface area contributed by atoms with Crippen molar-refractivity contribution >= 4 is 17.7 Å². The fourth-order valence-corrected chi connectivity index (χ4v) is 3.10. The molecule has 1 atom stereocenters. The zero-order valence-corrected chi connectivity index (χ0v) is 16.5. The third kappa shape index (κ3) is 5.35. The van der Waals surface area contributed by atoms with Crippen LogP contribution in [-0.2, 0) is 17.9 Å². The minimum absolute atomic E-state index is 0.0797. The van der Waals surface area contributed by atoms with E-state index in [0.29, 0.717) is 29.1 Å². The zero-order chi connectivity index (χ0) is 19.1. The number of carbonyl (C=O) groups is 1. The van der Waals surface area contributed by atoms with Crippen molar-refractivity contribution in [3.8, 4) is 11.5 Å². The summed E-state index contributed by atoms with van der Waals surface area (Å²) >= 11 is 1.35. The highest BCUT2D eigenvalue weighted by molar-refractivity contribution is 8.00. The molecule has 1 aromatic heterocycles. The fraction of sp³-hybridized carbons (Fsp3) is 0.529. The fourth-order valence-electron chi connectivity index (χ4n) is 2.28. The number of amides is 1. The summed E-state index contributed by atoms with van der Waals surface area (Å²) in [5.41, 5.74) is 0.929. The highest BCUT2D eigenvalue weighted by atomic mass is 32.2. The molecule has 0 saturated heterocycles. The molecule has 26 heavy (non-hydrogen) atoms. The van der Waals surface area contributed by atoms with E-state index in [1.165, 1.54) is 11.8 Å². The Balaban J connectivity index is 1.92. The molecule has 2 aromatic rings. The Kier molecular flexibility index (Phi) is 7.26. The van der Waals surface area contributed by atoms with Gasteiger partial charge in [0.25, 0.3) is 0 Å². The smallest absolute Gasteiger partial charge is 0.233 e. The Labute approximate surface area is 157 Å². The average Bonchev–Trinajstić information content (AvgIpc) is 3.05. The topological polar surface area (TPSA) is 91.2 Å². The first-order valence-corrected chi connectivity index (χ1v) is 9.24. The lowest BCUT2D eigenvalue weighted by Gasteiger charge is -2.13. The van der Waals surface area contributed by atoms with Crippen LogP contribution in [-0.4, -0.2) is 45.6 Å². The van der Waals surface area contributed by atoms with E-state index in [1.807, 2.05) is 25.1 Å². The maximum atomic E-state index is 12.4. The second-order valence-corrected chi connectivity index (χ2v) is 7.51. The lowest BCUT2D eigenvalue weighted by Crippen LogP contribution is -2.30. The minimum atomic E-state index is -0.313. The standard InChI is InChI=1S/C17H25N5O3S/c1-11(2)10-22-17(19-20-21-22)26-12(3)16(23)18-9-13-6-7-14(24-4)15(8-13)25-5/h6-8,11-12H,9-10H2,1-5H3,(H,18,23). The molecule has 0 aliphatic carbocycles. The number of nitrogens with zero attached hydrogens (tertiary/aromatic N) is 4. The maximum Gasteiger partial charge on any atom is 0.233 e. The van der Waals surface area contributed by atoms with Crippen LogP contribution in [0.4, 0.5) is 0 Å². The minimum Gasteiger partial charge on any atom is -0.493 e. The molecule has 1 aromatic carbocycles. The number of rotatable bonds is 9. The Bertz CT molecular complexity index is 735. The van der Waals surface area contributed by atoms with Crippen molar-refractivity contribution in [2.75, 3.05) is 14.2 Å². The lowest BCUT2D eigenvalue weighted by atomic mass is 10.2. The van der Waals surface area contributed by atoms with Crippen LogP contribution in [0.15, 0.2) is 23.4 Å². The Morgan fingerprint density at radius 2 is 1.96 bits per heavy atom.